The van der Waals surface area contributed by atoms with Crippen molar-refractivity contribution in [1.82, 2.24) is 10.2 Å². The predicted octanol–water partition coefficient (Wildman–Crippen LogP) is 4.88. The Morgan fingerprint density at radius 2 is 1.56 bits per heavy atom. The number of benzene rings is 3. The monoisotopic (exact) mass is 601 g/mol. The number of carbonyl (C=O) groups is 2. The van der Waals surface area contributed by atoms with E-state index in [0.717, 1.165) is 4.31 Å². The lowest BCUT2D eigenvalue weighted by molar-refractivity contribution is -0.139. The third kappa shape index (κ3) is 7.71. The third-order valence-corrected chi connectivity index (χ3v) is 8.89. The van der Waals surface area contributed by atoms with Crippen molar-refractivity contribution in [3.8, 4) is 11.5 Å². The van der Waals surface area contributed by atoms with Crippen molar-refractivity contribution in [3.63, 3.8) is 0 Å². The van der Waals surface area contributed by atoms with Crippen LogP contribution in [0.2, 0.25) is 5.02 Å². The first-order chi connectivity index (χ1) is 19.5. The zero-order valence-corrected chi connectivity index (χ0v) is 25.4. The Bertz CT molecular complexity index is 1450. The molecule has 0 aliphatic heterocycles. The van der Waals surface area contributed by atoms with Gasteiger partial charge in [0.25, 0.3) is 10.0 Å². The summed E-state index contributed by atoms with van der Waals surface area (Å²) < 4.78 is 39.6. The Labute approximate surface area is 247 Å². The molecular formula is C30H36ClN3O6S. The number of anilines is 1. The van der Waals surface area contributed by atoms with Crippen LogP contribution in [0.1, 0.15) is 32.8 Å². The van der Waals surface area contributed by atoms with Gasteiger partial charge in [-0.15, -0.1) is 0 Å². The Balaban J connectivity index is 2.08. The minimum Gasteiger partial charge on any atom is -0.493 e. The number of nitrogens with zero attached hydrogens (tertiary/aromatic N) is 2. The van der Waals surface area contributed by atoms with Crippen LogP contribution >= 0.6 is 11.6 Å². The average Bonchev–Trinajstić information content (AvgIpc) is 2.98. The number of rotatable bonds is 13. The Hall–Kier alpha value is -3.76. The summed E-state index contributed by atoms with van der Waals surface area (Å²) in [6.07, 6.45) is 0.708. The van der Waals surface area contributed by atoms with E-state index in [1.165, 1.54) is 43.4 Å². The van der Waals surface area contributed by atoms with Crippen molar-refractivity contribution in [1.29, 1.82) is 0 Å². The molecule has 0 radical (unpaired) electrons. The van der Waals surface area contributed by atoms with Crippen molar-refractivity contribution in [2.45, 2.75) is 50.7 Å². The number of nitrogens with one attached hydrogen (secondary N) is 1. The fourth-order valence-corrected chi connectivity index (χ4v) is 5.71. The summed E-state index contributed by atoms with van der Waals surface area (Å²) in [5, 5.41) is 3.33. The van der Waals surface area contributed by atoms with E-state index in [9.17, 15) is 18.0 Å². The Kier molecular flexibility index (Phi) is 11.0. The first kappa shape index (κ1) is 31.8. The molecule has 0 spiro atoms. The molecule has 0 saturated carbocycles. The van der Waals surface area contributed by atoms with Gasteiger partial charge in [0.2, 0.25) is 11.8 Å². The third-order valence-electron chi connectivity index (χ3n) is 6.73. The van der Waals surface area contributed by atoms with Gasteiger partial charge in [-0.3, -0.25) is 13.9 Å². The summed E-state index contributed by atoms with van der Waals surface area (Å²) in [6.45, 7) is 4.84. The van der Waals surface area contributed by atoms with Gasteiger partial charge >= 0.3 is 0 Å². The van der Waals surface area contributed by atoms with E-state index < -0.39 is 28.5 Å². The minimum absolute atomic E-state index is 0.00123. The highest BCUT2D eigenvalue weighted by molar-refractivity contribution is 7.92. The average molecular weight is 602 g/mol. The van der Waals surface area contributed by atoms with E-state index in [1.54, 1.807) is 55.5 Å². The first-order valence-corrected chi connectivity index (χ1v) is 15.0. The Morgan fingerprint density at radius 3 is 2.17 bits per heavy atom. The Morgan fingerprint density at radius 1 is 0.927 bits per heavy atom. The molecule has 2 amide bonds. The van der Waals surface area contributed by atoms with Gasteiger partial charge in [0.05, 0.1) is 24.8 Å². The van der Waals surface area contributed by atoms with Crippen molar-refractivity contribution in [2.24, 2.45) is 0 Å². The molecule has 9 nitrogen and oxygen atoms in total. The van der Waals surface area contributed by atoms with Crippen LogP contribution in [0.5, 0.6) is 11.5 Å². The summed E-state index contributed by atoms with van der Waals surface area (Å²) in [5.41, 5.74) is 0.809. The fourth-order valence-electron chi connectivity index (χ4n) is 4.09. The van der Waals surface area contributed by atoms with Gasteiger partial charge in [-0.1, -0.05) is 54.9 Å². The van der Waals surface area contributed by atoms with Crippen LogP contribution in [-0.2, 0) is 26.2 Å². The number of hydrogen-bond donors (Lipinski definition) is 1. The number of carbonyl (C=O) groups excluding carboxylic acids is 2. The molecule has 2 unspecified atom stereocenters. The summed E-state index contributed by atoms with van der Waals surface area (Å²) in [5.74, 6) is -0.260. The maximum atomic E-state index is 14.0. The maximum absolute atomic E-state index is 14.0. The zero-order valence-electron chi connectivity index (χ0n) is 23.8. The van der Waals surface area contributed by atoms with Gasteiger partial charge in [0, 0.05) is 23.7 Å². The lowest BCUT2D eigenvalue weighted by Gasteiger charge is -2.32. The number of halogens is 1. The SMILES string of the molecule is CCC(C)NC(=O)C(C)N(Cc1ccccc1Cl)C(=O)CN(c1ccc(OC)c(OC)c1)S(=O)(=O)c1ccccc1. The van der Waals surface area contributed by atoms with E-state index in [1.807, 2.05) is 13.8 Å². The van der Waals surface area contributed by atoms with Crippen LogP contribution in [0.4, 0.5) is 5.69 Å². The lowest BCUT2D eigenvalue weighted by Crippen LogP contribution is -2.52. The lowest BCUT2D eigenvalue weighted by atomic mass is 10.1. The van der Waals surface area contributed by atoms with Crippen LogP contribution < -0.4 is 19.1 Å². The summed E-state index contributed by atoms with van der Waals surface area (Å²) in [6, 6.07) is 18.4. The van der Waals surface area contributed by atoms with Crippen LogP contribution in [0, 0.1) is 0 Å². The summed E-state index contributed by atoms with van der Waals surface area (Å²) in [4.78, 5) is 28.5. The molecule has 2 atom stereocenters. The largest absolute Gasteiger partial charge is 0.493 e. The van der Waals surface area contributed by atoms with E-state index in [4.69, 9.17) is 21.1 Å². The molecule has 11 heteroatoms. The highest BCUT2D eigenvalue weighted by Gasteiger charge is 2.33. The van der Waals surface area contributed by atoms with Gasteiger partial charge < -0.3 is 19.7 Å². The van der Waals surface area contributed by atoms with E-state index in [-0.39, 0.29) is 29.1 Å². The van der Waals surface area contributed by atoms with E-state index in [2.05, 4.69) is 5.32 Å². The van der Waals surface area contributed by atoms with E-state index >= 15 is 0 Å². The van der Waals surface area contributed by atoms with Gasteiger partial charge in [0.15, 0.2) is 11.5 Å². The van der Waals surface area contributed by atoms with Gasteiger partial charge in [-0.2, -0.15) is 0 Å². The predicted molar refractivity (Wildman–Crippen MR) is 160 cm³/mol. The molecule has 3 aromatic rings. The summed E-state index contributed by atoms with van der Waals surface area (Å²) >= 11 is 6.41. The topological polar surface area (TPSA) is 105 Å². The quantitative estimate of drug-likeness (QED) is 0.299. The molecule has 0 aliphatic carbocycles. The van der Waals surface area contributed by atoms with Crippen molar-refractivity contribution >= 4 is 39.1 Å². The fraction of sp³-hybridized carbons (Fsp3) is 0.333. The van der Waals surface area contributed by atoms with Crippen LogP contribution in [0.15, 0.2) is 77.7 Å². The highest BCUT2D eigenvalue weighted by Crippen LogP contribution is 2.34. The van der Waals surface area contributed by atoms with Crippen LogP contribution in [-0.4, -0.2) is 58.0 Å². The van der Waals surface area contributed by atoms with Crippen LogP contribution in [0.25, 0.3) is 0 Å². The molecule has 0 heterocycles. The molecular weight excluding hydrogens is 566 g/mol. The summed E-state index contributed by atoms with van der Waals surface area (Å²) in [7, 11) is -1.31. The molecule has 0 aliphatic rings. The first-order valence-electron chi connectivity index (χ1n) is 13.2. The normalized spacial score (nSPS) is 12.6. The van der Waals surface area contributed by atoms with E-state index in [0.29, 0.717) is 28.5 Å². The second kappa shape index (κ2) is 14.2. The molecule has 220 valence electrons. The van der Waals surface area contributed by atoms with Crippen LogP contribution in [0.3, 0.4) is 0 Å². The molecule has 3 aromatic carbocycles. The highest BCUT2D eigenvalue weighted by atomic mass is 35.5. The zero-order chi connectivity index (χ0) is 30.2. The molecule has 1 N–H and O–H groups in total. The number of ether oxygens (including phenoxy) is 2. The van der Waals surface area contributed by atoms with Gasteiger partial charge in [-0.25, -0.2) is 8.42 Å². The standard InChI is InChI=1S/C30H36ClN3O6S/c1-6-21(2)32-30(36)22(3)33(19-23-12-10-11-15-26(23)31)29(35)20-34(41(37,38)25-13-8-7-9-14-25)24-16-17-27(39-4)28(18-24)40-5/h7-18,21-22H,6,19-20H2,1-5H3,(H,32,36). The maximum Gasteiger partial charge on any atom is 0.264 e. The van der Waals surface area contributed by atoms with Crippen molar-refractivity contribution < 1.29 is 27.5 Å². The van der Waals surface area contributed by atoms with Gasteiger partial charge in [0.1, 0.15) is 12.6 Å². The number of hydrogen-bond acceptors (Lipinski definition) is 6. The van der Waals surface area contributed by atoms with Crippen molar-refractivity contribution in [2.75, 3.05) is 25.1 Å². The number of amides is 2. The molecule has 0 fully saturated rings. The minimum atomic E-state index is -4.21. The molecule has 41 heavy (non-hydrogen) atoms. The second-order valence-electron chi connectivity index (χ2n) is 9.47. The molecule has 0 saturated heterocycles. The smallest absolute Gasteiger partial charge is 0.264 e. The molecule has 3 rings (SSSR count). The molecule has 0 aromatic heterocycles. The number of methoxy groups -OCH3 is 2. The van der Waals surface area contributed by atoms with Gasteiger partial charge in [-0.05, 0) is 56.2 Å². The number of sulfonamides is 1. The van der Waals surface area contributed by atoms with Crippen molar-refractivity contribution in [3.05, 3.63) is 83.4 Å². The second-order valence-corrected chi connectivity index (χ2v) is 11.7. The molecule has 0 bridgehead atoms.